The van der Waals surface area contributed by atoms with Crippen LogP contribution in [0, 0.1) is 19.8 Å². The molecular formula is C28H30N2O4. The van der Waals surface area contributed by atoms with Gasteiger partial charge in [-0.2, -0.15) is 0 Å². The summed E-state index contributed by atoms with van der Waals surface area (Å²) in [6.07, 6.45) is 5.70. The standard InChI is InChI=1S/C28H30N2O4/c1-18(2)24(28(33)34)29-27(32)23-9-5-7-21(17-23)8-6-15-30-16-14-20(4)25(30)26(31)22-12-10-19(3)11-13-22/h5-14,16-18,24H,15H2,1-4H3,(H,29,32)(H,33,34)/b8-6+/t24-/m0/s1. The first-order valence-corrected chi connectivity index (χ1v) is 11.2. The van der Waals surface area contributed by atoms with Crippen molar-refractivity contribution in [3.63, 3.8) is 0 Å². The molecule has 1 aromatic heterocycles. The Hall–Kier alpha value is -3.93. The molecule has 34 heavy (non-hydrogen) atoms. The maximum absolute atomic E-state index is 13.1. The first-order valence-electron chi connectivity index (χ1n) is 11.2. The minimum Gasteiger partial charge on any atom is -0.480 e. The number of amides is 1. The third-order valence-electron chi connectivity index (χ3n) is 5.67. The number of allylic oxidation sites excluding steroid dienone is 1. The van der Waals surface area contributed by atoms with Crippen molar-refractivity contribution in [1.29, 1.82) is 0 Å². The second-order valence-electron chi connectivity index (χ2n) is 8.76. The summed E-state index contributed by atoms with van der Waals surface area (Å²) in [5, 5.41) is 11.9. The average Bonchev–Trinajstić information content (AvgIpc) is 3.17. The highest BCUT2D eigenvalue weighted by molar-refractivity contribution is 6.09. The molecule has 0 saturated heterocycles. The van der Waals surface area contributed by atoms with Crippen LogP contribution >= 0.6 is 0 Å². The molecule has 0 bridgehead atoms. The van der Waals surface area contributed by atoms with Gasteiger partial charge in [0.25, 0.3) is 5.91 Å². The van der Waals surface area contributed by atoms with Crippen LogP contribution in [0.5, 0.6) is 0 Å². The smallest absolute Gasteiger partial charge is 0.326 e. The molecule has 0 unspecified atom stereocenters. The lowest BCUT2D eigenvalue weighted by Crippen LogP contribution is -2.44. The molecule has 1 amide bonds. The van der Waals surface area contributed by atoms with Crippen LogP contribution < -0.4 is 5.32 Å². The van der Waals surface area contributed by atoms with Crippen molar-refractivity contribution >= 4 is 23.7 Å². The van der Waals surface area contributed by atoms with Crippen molar-refractivity contribution in [2.75, 3.05) is 0 Å². The van der Waals surface area contributed by atoms with Crippen LogP contribution in [-0.4, -0.2) is 33.4 Å². The minimum absolute atomic E-state index is 0.0206. The third kappa shape index (κ3) is 5.90. The van der Waals surface area contributed by atoms with E-state index in [4.69, 9.17) is 0 Å². The first kappa shape index (κ1) is 24.7. The number of benzene rings is 2. The summed E-state index contributed by atoms with van der Waals surface area (Å²) in [4.78, 5) is 37.0. The molecule has 1 atom stereocenters. The largest absolute Gasteiger partial charge is 0.480 e. The maximum atomic E-state index is 13.1. The van der Waals surface area contributed by atoms with Gasteiger partial charge in [-0.3, -0.25) is 9.59 Å². The highest BCUT2D eigenvalue weighted by Gasteiger charge is 2.24. The van der Waals surface area contributed by atoms with Crippen molar-refractivity contribution in [2.45, 2.75) is 40.3 Å². The van der Waals surface area contributed by atoms with Gasteiger partial charge in [-0.05, 0) is 49.1 Å². The molecule has 0 radical (unpaired) electrons. The fourth-order valence-electron chi connectivity index (χ4n) is 3.71. The van der Waals surface area contributed by atoms with Crippen LogP contribution in [0.4, 0.5) is 0 Å². The predicted octanol–water partition coefficient (Wildman–Crippen LogP) is 4.89. The van der Waals surface area contributed by atoms with E-state index in [2.05, 4.69) is 5.32 Å². The molecule has 0 aliphatic heterocycles. The topological polar surface area (TPSA) is 88.4 Å². The number of hydrogen-bond donors (Lipinski definition) is 2. The Bertz CT molecular complexity index is 1220. The van der Waals surface area contributed by atoms with Crippen molar-refractivity contribution < 1.29 is 19.5 Å². The van der Waals surface area contributed by atoms with Gasteiger partial charge in [0.2, 0.25) is 5.78 Å². The second kappa shape index (κ2) is 10.8. The van der Waals surface area contributed by atoms with E-state index in [1.165, 1.54) is 0 Å². The van der Waals surface area contributed by atoms with Gasteiger partial charge in [-0.25, -0.2) is 4.79 Å². The highest BCUT2D eigenvalue weighted by Crippen LogP contribution is 2.17. The predicted molar refractivity (Wildman–Crippen MR) is 133 cm³/mol. The van der Waals surface area contributed by atoms with Gasteiger partial charge >= 0.3 is 5.97 Å². The molecule has 2 aromatic carbocycles. The summed E-state index contributed by atoms with van der Waals surface area (Å²) in [6.45, 7) is 7.90. The number of rotatable bonds is 9. The summed E-state index contributed by atoms with van der Waals surface area (Å²) in [5.74, 6) is -1.74. The van der Waals surface area contributed by atoms with E-state index in [1.807, 2.05) is 73.2 Å². The zero-order valence-corrected chi connectivity index (χ0v) is 19.9. The number of nitrogens with zero attached hydrogens (tertiary/aromatic N) is 1. The van der Waals surface area contributed by atoms with Gasteiger partial charge in [0.15, 0.2) is 0 Å². The van der Waals surface area contributed by atoms with Gasteiger partial charge in [0.05, 0.1) is 5.69 Å². The Balaban J connectivity index is 1.73. The van der Waals surface area contributed by atoms with Crippen LogP contribution in [0.3, 0.4) is 0 Å². The van der Waals surface area contributed by atoms with E-state index in [1.54, 1.807) is 32.0 Å². The van der Waals surface area contributed by atoms with Crippen LogP contribution in [0.25, 0.3) is 6.08 Å². The number of hydrogen-bond acceptors (Lipinski definition) is 3. The second-order valence-corrected chi connectivity index (χ2v) is 8.76. The van der Waals surface area contributed by atoms with Gasteiger partial charge < -0.3 is 15.0 Å². The van der Waals surface area contributed by atoms with Crippen molar-refractivity contribution in [3.05, 3.63) is 100 Å². The van der Waals surface area contributed by atoms with Gasteiger partial charge in [0, 0.05) is 23.9 Å². The van der Waals surface area contributed by atoms with Crippen LogP contribution in [0.15, 0.2) is 66.9 Å². The number of carbonyl (C=O) groups excluding carboxylic acids is 2. The molecule has 0 saturated carbocycles. The van der Waals surface area contributed by atoms with Crippen LogP contribution in [0.1, 0.15) is 56.9 Å². The van der Waals surface area contributed by atoms with E-state index in [0.717, 1.165) is 16.7 Å². The van der Waals surface area contributed by atoms with Crippen LogP contribution in [0.2, 0.25) is 0 Å². The number of aliphatic carboxylic acids is 1. The number of aromatic nitrogens is 1. The molecule has 2 N–H and O–H groups in total. The van der Waals surface area contributed by atoms with E-state index in [-0.39, 0.29) is 11.7 Å². The molecule has 0 aliphatic carbocycles. The van der Waals surface area contributed by atoms with Crippen molar-refractivity contribution in [2.24, 2.45) is 5.92 Å². The number of carboxylic acid groups (broad SMARTS) is 1. The third-order valence-corrected chi connectivity index (χ3v) is 5.67. The van der Waals surface area contributed by atoms with Gasteiger partial charge in [-0.1, -0.05) is 68.0 Å². The van der Waals surface area contributed by atoms with E-state index in [0.29, 0.717) is 23.4 Å². The van der Waals surface area contributed by atoms with Crippen molar-refractivity contribution in [3.8, 4) is 0 Å². The number of carbonyl (C=O) groups is 3. The molecule has 3 aromatic rings. The molecule has 0 aliphatic rings. The Kier molecular flexibility index (Phi) is 7.84. The van der Waals surface area contributed by atoms with Crippen molar-refractivity contribution in [1.82, 2.24) is 9.88 Å². The SMILES string of the molecule is Cc1ccc(C(=O)c2c(C)ccn2C/C=C/c2cccc(C(=O)N[C@H](C(=O)O)C(C)C)c2)cc1. The number of carboxylic acids is 1. The Labute approximate surface area is 199 Å². The van der Waals surface area contributed by atoms with E-state index in [9.17, 15) is 19.5 Å². The summed E-state index contributed by atoms with van der Waals surface area (Å²) < 4.78 is 1.91. The van der Waals surface area contributed by atoms with E-state index < -0.39 is 17.9 Å². The molecule has 0 fully saturated rings. The Morgan fingerprint density at radius 1 is 1.00 bits per heavy atom. The number of nitrogens with one attached hydrogen (secondary N) is 1. The molecule has 1 heterocycles. The van der Waals surface area contributed by atoms with Gasteiger partial charge in [-0.15, -0.1) is 0 Å². The fraction of sp³-hybridized carbons (Fsp3) is 0.250. The van der Waals surface area contributed by atoms with Gasteiger partial charge in [0.1, 0.15) is 6.04 Å². The quantitative estimate of drug-likeness (QED) is 0.447. The highest BCUT2D eigenvalue weighted by atomic mass is 16.4. The minimum atomic E-state index is -1.06. The monoisotopic (exact) mass is 458 g/mol. The lowest BCUT2D eigenvalue weighted by atomic mass is 10.0. The number of ketones is 1. The normalized spacial score (nSPS) is 12.1. The zero-order chi connectivity index (χ0) is 24.8. The fourth-order valence-corrected chi connectivity index (χ4v) is 3.71. The number of aryl methyl sites for hydroxylation is 2. The van der Waals surface area contributed by atoms with Crippen LogP contribution in [-0.2, 0) is 11.3 Å². The Morgan fingerprint density at radius 3 is 2.35 bits per heavy atom. The molecule has 6 heteroatoms. The maximum Gasteiger partial charge on any atom is 0.326 e. The summed E-state index contributed by atoms with van der Waals surface area (Å²) in [7, 11) is 0. The molecule has 176 valence electrons. The first-order chi connectivity index (χ1) is 16.2. The summed E-state index contributed by atoms with van der Waals surface area (Å²) in [6, 6.07) is 15.5. The summed E-state index contributed by atoms with van der Waals surface area (Å²) in [5.41, 5.74) is 4.51. The lowest BCUT2D eigenvalue weighted by molar-refractivity contribution is -0.140. The summed E-state index contributed by atoms with van der Waals surface area (Å²) >= 11 is 0. The molecule has 6 nitrogen and oxygen atoms in total. The molecule has 0 spiro atoms. The molecule has 3 rings (SSSR count). The molecular weight excluding hydrogens is 428 g/mol. The van der Waals surface area contributed by atoms with E-state index >= 15 is 0 Å². The zero-order valence-electron chi connectivity index (χ0n) is 19.9. The average molecular weight is 459 g/mol. The Morgan fingerprint density at radius 2 is 1.71 bits per heavy atom. The lowest BCUT2D eigenvalue weighted by Gasteiger charge is -2.18.